The van der Waals surface area contributed by atoms with Crippen molar-refractivity contribution in [1.29, 1.82) is 0 Å². The molecule has 1 fully saturated rings. The highest BCUT2D eigenvalue weighted by atomic mass is 16.2. The van der Waals surface area contributed by atoms with Crippen LogP contribution in [-0.2, 0) is 0 Å². The van der Waals surface area contributed by atoms with E-state index in [1.54, 1.807) is 18.6 Å². The standard InChI is InChI=1S/C13H15N5O/c19-13(18-8-6-14-10-18)16-11-4-7-17(9-11)12-3-1-2-5-15-12/h1-3,5-6,8,10-11H,4,7,9H2,(H,16,19)/t11-/m1/s1. The molecule has 0 aliphatic carbocycles. The lowest BCUT2D eigenvalue weighted by Gasteiger charge is -2.17. The second kappa shape index (κ2) is 5.09. The molecule has 3 heterocycles. The first-order valence-corrected chi connectivity index (χ1v) is 6.28. The summed E-state index contributed by atoms with van der Waals surface area (Å²) in [4.78, 5) is 22.2. The number of hydrogen-bond donors (Lipinski definition) is 1. The van der Waals surface area contributed by atoms with Crippen molar-refractivity contribution in [3.8, 4) is 0 Å². The van der Waals surface area contributed by atoms with Crippen LogP contribution in [0.2, 0.25) is 0 Å². The SMILES string of the molecule is O=C(N[C@@H]1CCN(c2ccccn2)C1)n1ccnc1. The number of pyridine rings is 1. The normalized spacial score (nSPS) is 18.5. The smallest absolute Gasteiger partial charge is 0.327 e. The summed E-state index contributed by atoms with van der Waals surface area (Å²) in [5, 5.41) is 3.00. The van der Waals surface area contributed by atoms with Gasteiger partial charge in [0.15, 0.2) is 0 Å². The molecular formula is C13H15N5O. The largest absolute Gasteiger partial charge is 0.354 e. The number of nitrogens with zero attached hydrogens (tertiary/aromatic N) is 4. The van der Waals surface area contributed by atoms with E-state index in [1.807, 2.05) is 18.2 Å². The van der Waals surface area contributed by atoms with Crippen LogP contribution in [-0.4, -0.2) is 39.7 Å². The molecule has 6 heteroatoms. The molecule has 0 saturated carbocycles. The predicted octanol–water partition coefficient (Wildman–Crippen LogP) is 1.11. The minimum Gasteiger partial charge on any atom is -0.354 e. The molecule has 0 spiro atoms. The van der Waals surface area contributed by atoms with E-state index in [0.29, 0.717) is 0 Å². The molecular weight excluding hydrogens is 242 g/mol. The zero-order chi connectivity index (χ0) is 13.1. The Bertz CT molecular complexity index is 539. The summed E-state index contributed by atoms with van der Waals surface area (Å²) in [5.41, 5.74) is 0. The van der Waals surface area contributed by atoms with Crippen LogP contribution >= 0.6 is 0 Å². The molecule has 2 aromatic heterocycles. The van der Waals surface area contributed by atoms with E-state index in [0.717, 1.165) is 25.3 Å². The van der Waals surface area contributed by atoms with Gasteiger partial charge < -0.3 is 10.2 Å². The number of carbonyl (C=O) groups is 1. The lowest BCUT2D eigenvalue weighted by molar-refractivity contribution is 0.239. The average molecular weight is 257 g/mol. The van der Waals surface area contributed by atoms with Gasteiger partial charge in [0, 0.05) is 37.7 Å². The molecule has 6 nitrogen and oxygen atoms in total. The number of imidazole rings is 1. The van der Waals surface area contributed by atoms with E-state index >= 15 is 0 Å². The molecule has 1 N–H and O–H groups in total. The van der Waals surface area contributed by atoms with E-state index < -0.39 is 0 Å². The van der Waals surface area contributed by atoms with Crippen molar-refractivity contribution in [3.63, 3.8) is 0 Å². The van der Waals surface area contributed by atoms with Crippen molar-refractivity contribution < 1.29 is 4.79 Å². The summed E-state index contributed by atoms with van der Waals surface area (Å²) in [7, 11) is 0. The van der Waals surface area contributed by atoms with Crippen LogP contribution in [0.15, 0.2) is 43.1 Å². The number of aromatic nitrogens is 3. The Hall–Kier alpha value is -2.37. The van der Waals surface area contributed by atoms with Crippen LogP contribution in [0, 0.1) is 0 Å². The summed E-state index contributed by atoms with van der Waals surface area (Å²) in [6, 6.07) is 5.87. The van der Waals surface area contributed by atoms with Gasteiger partial charge in [-0.1, -0.05) is 6.07 Å². The fraction of sp³-hybridized carbons (Fsp3) is 0.308. The van der Waals surface area contributed by atoms with E-state index in [2.05, 4.69) is 20.2 Å². The number of amides is 1. The van der Waals surface area contributed by atoms with Crippen molar-refractivity contribution in [2.45, 2.75) is 12.5 Å². The van der Waals surface area contributed by atoms with Gasteiger partial charge in [0.25, 0.3) is 0 Å². The van der Waals surface area contributed by atoms with Gasteiger partial charge in [-0.25, -0.2) is 14.8 Å². The number of carbonyl (C=O) groups excluding carboxylic acids is 1. The fourth-order valence-electron chi connectivity index (χ4n) is 2.26. The van der Waals surface area contributed by atoms with Crippen molar-refractivity contribution in [2.24, 2.45) is 0 Å². The molecule has 3 rings (SSSR count). The first kappa shape index (κ1) is 11.7. The lowest BCUT2D eigenvalue weighted by atomic mass is 10.3. The maximum atomic E-state index is 11.9. The van der Waals surface area contributed by atoms with E-state index in [-0.39, 0.29) is 12.1 Å². The molecule has 2 aromatic rings. The first-order valence-electron chi connectivity index (χ1n) is 6.28. The summed E-state index contributed by atoms with van der Waals surface area (Å²) in [6.07, 6.45) is 7.44. The van der Waals surface area contributed by atoms with Gasteiger partial charge in [-0.05, 0) is 18.6 Å². The Morgan fingerprint density at radius 2 is 2.32 bits per heavy atom. The number of rotatable bonds is 2. The van der Waals surface area contributed by atoms with Crippen LogP contribution in [0.5, 0.6) is 0 Å². The molecule has 1 amide bonds. The summed E-state index contributed by atoms with van der Waals surface area (Å²) < 4.78 is 1.45. The molecule has 1 aliphatic rings. The Balaban J connectivity index is 1.59. The minimum absolute atomic E-state index is 0.134. The fourth-order valence-corrected chi connectivity index (χ4v) is 2.26. The van der Waals surface area contributed by atoms with Gasteiger partial charge >= 0.3 is 6.03 Å². The van der Waals surface area contributed by atoms with Crippen LogP contribution in [0.4, 0.5) is 10.6 Å². The van der Waals surface area contributed by atoms with Gasteiger partial charge in [0.05, 0.1) is 0 Å². The highest BCUT2D eigenvalue weighted by Crippen LogP contribution is 2.17. The molecule has 19 heavy (non-hydrogen) atoms. The molecule has 0 unspecified atom stereocenters. The summed E-state index contributed by atoms with van der Waals surface area (Å²) in [5.74, 6) is 0.960. The van der Waals surface area contributed by atoms with Crippen LogP contribution < -0.4 is 10.2 Å². The molecule has 1 saturated heterocycles. The molecule has 1 atom stereocenters. The third kappa shape index (κ3) is 2.57. The second-order valence-electron chi connectivity index (χ2n) is 4.54. The van der Waals surface area contributed by atoms with Crippen LogP contribution in [0.25, 0.3) is 0 Å². The van der Waals surface area contributed by atoms with Crippen molar-refractivity contribution in [1.82, 2.24) is 19.9 Å². The maximum absolute atomic E-state index is 11.9. The highest BCUT2D eigenvalue weighted by Gasteiger charge is 2.24. The third-order valence-electron chi connectivity index (χ3n) is 3.23. The lowest BCUT2D eigenvalue weighted by Crippen LogP contribution is -2.39. The Morgan fingerprint density at radius 1 is 1.37 bits per heavy atom. The topological polar surface area (TPSA) is 63.1 Å². The Labute approximate surface area is 111 Å². The quantitative estimate of drug-likeness (QED) is 0.875. The molecule has 0 bridgehead atoms. The number of hydrogen-bond acceptors (Lipinski definition) is 4. The average Bonchev–Trinajstić information content (AvgIpc) is 3.11. The van der Waals surface area contributed by atoms with Gasteiger partial charge in [0.2, 0.25) is 0 Å². The van der Waals surface area contributed by atoms with Crippen molar-refractivity contribution in [3.05, 3.63) is 43.1 Å². The third-order valence-corrected chi connectivity index (χ3v) is 3.23. The zero-order valence-electron chi connectivity index (χ0n) is 10.4. The minimum atomic E-state index is -0.134. The number of nitrogens with one attached hydrogen (secondary N) is 1. The Kier molecular flexibility index (Phi) is 3.14. The predicted molar refractivity (Wildman–Crippen MR) is 71.0 cm³/mol. The molecule has 98 valence electrons. The van der Waals surface area contributed by atoms with Gasteiger partial charge in [-0.2, -0.15) is 0 Å². The first-order chi connectivity index (χ1) is 9.33. The van der Waals surface area contributed by atoms with Gasteiger partial charge in [0.1, 0.15) is 12.1 Å². The summed E-state index contributed by atoms with van der Waals surface area (Å²) >= 11 is 0. The second-order valence-corrected chi connectivity index (χ2v) is 4.54. The monoisotopic (exact) mass is 257 g/mol. The molecule has 1 aliphatic heterocycles. The molecule has 0 aromatic carbocycles. The highest BCUT2D eigenvalue weighted by molar-refractivity contribution is 5.76. The summed E-state index contributed by atoms with van der Waals surface area (Å²) in [6.45, 7) is 1.70. The van der Waals surface area contributed by atoms with Gasteiger partial charge in [-0.3, -0.25) is 4.57 Å². The van der Waals surface area contributed by atoms with Crippen LogP contribution in [0.1, 0.15) is 6.42 Å². The maximum Gasteiger partial charge on any atom is 0.327 e. The zero-order valence-corrected chi connectivity index (χ0v) is 10.4. The van der Waals surface area contributed by atoms with E-state index in [4.69, 9.17) is 0 Å². The van der Waals surface area contributed by atoms with E-state index in [1.165, 1.54) is 10.9 Å². The van der Waals surface area contributed by atoms with Crippen molar-refractivity contribution in [2.75, 3.05) is 18.0 Å². The van der Waals surface area contributed by atoms with Gasteiger partial charge in [-0.15, -0.1) is 0 Å². The van der Waals surface area contributed by atoms with E-state index in [9.17, 15) is 4.79 Å². The number of anilines is 1. The Morgan fingerprint density at radius 3 is 3.05 bits per heavy atom. The van der Waals surface area contributed by atoms with Crippen LogP contribution in [0.3, 0.4) is 0 Å². The van der Waals surface area contributed by atoms with Crippen molar-refractivity contribution >= 4 is 11.8 Å². The molecule has 0 radical (unpaired) electrons.